The molecule has 3 heterocycles. The minimum absolute atomic E-state index is 0.0239. The molecular weight excluding hydrogens is 399 g/mol. The lowest BCUT2D eigenvalue weighted by molar-refractivity contribution is 0.176. The van der Waals surface area contributed by atoms with E-state index in [2.05, 4.69) is 4.90 Å². The number of rotatable bonds is 4. The molecule has 4 rings (SSSR count). The van der Waals surface area contributed by atoms with Crippen LogP contribution in [0.3, 0.4) is 0 Å². The molecule has 1 aliphatic rings. The highest BCUT2D eigenvalue weighted by molar-refractivity contribution is 6.36. The Morgan fingerprint density at radius 3 is 2.71 bits per heavy atom. The van der Waals surface area contributed by atoms with Gasteiger partial charge in [0.25, 0.3) is 5.56 Å². The SMILES string of the molecule is CCc1c(C)nc2n(c1=O)CN(Cc1ccco1)CN2c1ccc(Cl)cc1Cl. The Hall–Kier alpha value is -2.28. The van der Waals surface area contributed by atoms with Crippen LogP contribution in [0.25, 0.3) is 0 Å². The van der Waals surface area contributed by atoms with Gasteiger partial charge >= 0.3 is 0 Å². The van der Waals surface area contributed by atoms with E-state index in [0.717, 1.165) is 22.7 Å². The lowest BCUT2D eigenvalue weighted by Crippen LogP contribution is -2.47. The molecule has 0 amide bonds. The molecule has 2 aromatic heterocycles. The largest absolute Gasteiger partial charge is 0.468 e. The standard InChI is InChI=1S/C20H20Cl2N4O2/c1-3-16-13(2)23-20-25(18-7-6-14(21)9-17(18)22)11-24(12-26(20)19(16)27)10-15-5-4-8-28-15/h4-9H,3,10-12H2,1-2H3. The molecule has 0 aliphatic carbocycles. The maximum absolute atomic E-state index is 13.1. The van der Waals surface area contributed by atoms with Crippen LogP contribution in [0, 0.1) is 6.92 Å². The Morgan fingerprint density at radius 2 is 2.04 bits per heavy atom. The summed E-state index contributed by atoms with van der Waals surface area (Å²) in [6.07, 6.45) is 2.28. The van der Waals surface area contributed by atoms with Gasteiger partial charge in [0, 0.05) is 16.3 Å². The molecule has 0 saturated carbocycles. The molecule has 0 spiro atoms. The Morgan fingerprint density at radius 1 is 1.21 bits per heavy atom. The van der Waals surface area contributed by atoms with Gasteiger partial charge in [-0.25, -0.2) is 4.98 Å². The first-order chi connectivity index (χ1) is 13.5. The van der Waals surface area contributed by atoms with Crippen molar-refractivity contribution < 1.29 is 4.42 Å². The van der Waals surface area contributed by atoms with Gasteiger partial charge in [0.05, 0.1) is 36.9 Å². The molecule has 0 N–H and O–H groups in total. The van der Waals surface area contributed by atoms with Crippen LogP contribution in [0.1, 0.15) is 23.9 Å². The number of furan rings is 1. The predicted octanol–water partition coefficient (Wildman–Crippen LogP) is 4.58. The van der Waals surface area contributed by atoms with Crippen molar-refractivity contribution in [3.05, 3.63) is 74.0 Å². The Balaban J connectivity index is 1.84. The van der Waals surface area contributed by atoms with E-state index in [0.29, 0.717) is 42.3 Å². The average molecular weight is 419 g/mol. The summed E-state index contributed by atoms with van der Waals surface area (Å²) in [6.45, 7) is 5.35. The predicted molar refractivity (Wildman–Crippen MR) is 110 cm³/mol. The van der Waals surface area contributed by atoms with Crippen LogP contribution < -0.4 is 10.5 Å². The highest BCUT2D eigenvalue weighted by Crippen LogP contribution is 2.35. The molecule has 0 bridgehead atoms. The quantitative estimate of drug-likeness (QED) is 0.620. The van der Waals surface area contributed by atoms with Gasteiger partial charge in [-0.15, -0.1) is 0 Å². The van der Waals surface area contributed by atoms with Gasteiger partial charge in [0.15, 0.2) is 0 Å². The summed E-state index contributed by atoms with van der Waals surface area (Å²) < 4.78 is 7.19. The van der Waals surface area contributed by atoms with Crippen LogP contribution in [0.15, 0.2) is 45.8 Å². The Bertz CT molecular complexity index is 1060. The maximum atomic E-state index is 13.1. The molecule has 3 aromatic rings. The normalized spacial score (nSPS) is 14.4. The van der Waals surface area contributed by atoms with Crippen molar-refractivity contribution in [3.8, 4) is 0 Å². The van der Waals surface area contributed by atoms with Crippen LogP contribution in [-0.4, -0.2) is 21.1 Å². The minimum atomic E-state index is -0.0239. The van der Waals surface area contributed by atoms with Crippen LogP contribution in [0.4, 0.5) is 11.6 Å². The Kier molecular flexibility index (Phi) is 5.19. The van der Waals surface area contributed by atoms with Gasteiger partial charge in [-0.3, -0.25) is 19.2 Å². The number of fused-ring (bicyclic) bond motifs is 1. The molecular formula is C20H20Cl2N4O2. The minimum Gasteiger partial charge on any atom is -0.468 e. The topological polar surface area (TPSA) is 54.5 Å². The first-order valence-corrected chi connectivity index (χ1v) is 9.81. The van der Waals surface area contributed by atoms with Gasteiger partial charge in [0.1, 0.15) is 5.76 Å². The van der Waals surface area contributed by atoms with E-state index >= 15 is 0 Å². The van der Waals surface area contributed by atoms with Gasteiger partial charge in [-0.2, -0.15) is 0 Å². The van der Waals surface area contributed by atoms with Crippen LogP contribution in [0.5, 0.6) is 0 Å². The van der Waals surface area contributed by atoms with Gasteiger partial charge < -0.3 is 4.42 Å². The van der Waals surface area contributed by atoms with Crippen LogP contribution in [-0.2, 0) is 19.6 Å². The molecule has 1 aliphatic heterocycles. The van der Waals surface area contributed by atoms with Crippen LogP contribution in [0.2, 0.25) is 10.0 Å². The summed E-state index contributed by atoms with van der Waals surface area (Å²) in [5, 5.41) is 1.06. The second-order valence-electron chi connectivity index (χ2n) is 6.78. The fourth-order valence-corrected chi connectivity index (χ4v) is 4.05. The van der Waals surface area contributed by atoms with E-state index in [9.17, 15) is 4.79 Å². The second kappa shape index (κ2) is 7.62. The van der Waals surface area contributed by atoms with Crippen LogP contribution >= 0.6 is 23.2 Å². The average Bonchev–Trinajstić information content (AvgIpc) is 3.15. The van der Waals surface area contributed by atoms with E-state index in [1.54, 1.807) is 23.0 Å². The number of halogens is 2. The molecule has 0 saturated heterocycles. The number of hydrogen-bond donors (Lipinski definition) is 0. The number of hydrogen-bond acceptors (Lipinski definition) is 5. The summed E-state index contributed by atoms with van der Waals surface area (Å²) in [5.74, 6) is 1.41. The van der Waals surface area contributed by atoms with E-state index < -0.39 is 0 Å². The molecule has 0 unspecified atom stereocenters. The highest BCUT2D eigenvalue weighted by Gasteiger charge is 2.29. The fraction of sp³-hybridized carbons (Fsp3) is 0.300. The fourth-order valence-electron chi connectivity index (χ4n) is 3.54. The van der Waals surface area contributed by atoms with Gasteiger partial charge in [-0.1, -0.05) is 30.1 Å². The number of benzene rings is 1. The van der Waals surface area contributed by atoms with Crippen molar-refractivity contribution in [2.45, 2.75) is 33.5 Å². The highest BCUT2D eigenvalue weighted by atomic mass is 35.5. The van der Waals surface area contributed by atoms with Crippen molar-refractivity contribution in [2.75, 3.05) is 11.6 Å². The van der Waals surface area contributed by atoms with Gasteiger partial charge in [-0.05, 0) is 43.7 Å². The third-order valence-corrected chi connectivity index (χ3v) is 5.42. The molecule has 6 nitrogen and oxygen atoms in total. The molecule has 0 radical (unpaired) electrons. The van der Waals surface area contributed by atoms with E-state index in [1.807, 2.05) is 36.9 Å². The summed E-state index contributed by atoms with van der Waals surface area (Å²) in [7, 11) is 0. The molecule has 0 fully saturated rings. The summed E-state index contributed by atoms with van der Waals surface area (Å²) in [4.78, 5) is 21.9. The van der Waals surface area contributed by atoms with E-state index in [4.69, 9.17) is 32.6 Å². The summed E-state index contributed by atoms with van der Waals surface area (Å²) in [6, 6.07) is 9.10. The molecule has 0 atom stereocenters. The monoisotopic (exact) mass is 418 g/mol. The zero-order valence-electron chi connectivity index (χ0n) is 15.7. The number of nitrogens with zero attached hydrogens (tertiary/aromatic N) is 4. The molecule has 8 heteroatoms. The smallest absolute Gasteiger partial charge is 0.259 e. The first kappa shape index (κ1) is 19.1. The zero-order valence-corrected chi connectivity index (χ0v) is 17.2. The van der Waals surface area contributed by atoms with Crippen molar-refractivity contribution in [1.29, 1.82) is 0 Å². The van der Waals surface area contributed by atoms with Crippen molar-refractivity contribution in [2.24, 2.45) is 0 Å². The summed E-state index contributed by atoms with van der Waals surface area (Å²) in [5.41, 5.74) is 2.20. The molecule has 1 aromatic carbocycles. The summed E-state index contributed by atoms with van der Waals surface area (Å²) >= 11 is 12.6. The van der Waals surface area contributed by atoms with E-state index in [-0.39, 0.29) is 5.56 Å². The zero-order chi connectivity index (χ0) is 19.8. The Labute approximate surface area is 172 Å². The number of anilines is 2. The number of aryl methyl sites for hydroxylation is 1. The van der Waals surface area contributed by atoms with Crippen molar-refractivity contribution >= 4 is 34.8 Å². The first-order valence-electron chi connectivity index (χ1n) is 9.05. The molecule has 146 valence electrons. The second-order valence-corrected chi connectivity index (χ2v) is 7.62. The third-order valence-electron chi connectivity index (χ3n) is 4.89. The van der Waals surface area contributed by atoms with Gasteiger partial charge in [0.2, 0.25) is 5.95 Å². The lowest BCUT2D eigenvalue weighted by Gasteiger charge is -2.38. The maximum Gasteiger partial charge on any atom is 0.259 e. The lowest BCUT2D eigenvalue weighted by atomic mass is 10.2. The van der Waals surface area contributed by atoms with E-state index in [1.165, 1.54) is 0 Å². The molecule has 28 heavy (non-hydrogen) atoms. The third kappa shape index (κ3) is 3.43. The van der Waals surface area contributed by atoms with Crippen molar-refractivity contribution in [3.63, 3.8) is 0 Å². The number of aromatic nitrogens is 2. The van der Waals surface area contributed by atoms with Crippen molar-refractivity contribution in [1.82, 2.24) is 14.5 Å².